The van der Waals surface area contributed by atoms with Gasteiger partial charge in [0.2, 0.25) is 0 Å². The molecule has 0 radical (unpaired) electrons. The maximum Gasteiger partial charge on any atom is 0.0682 e. The molecular weight excluding hydrogens is 292 g/mol. The summed E-state index contributed by atoms with van der Waals surface area (Å²) in [6, 6.07) is 1.16. The Morgan fingerprint density at radius 1 is 1.12 bits per heavy atom. The number of nitrogens with one attached hydrogen (secondary N) is 1. The van der Waals surface area contributed by atoms with Crippen LogP contribution in [0.1, 0.15) is 64.7 Å². The van der Waals surface area contributed by atoms with Gasteiger partial charge in [0.05, 0.1) is 6.04 Å². The summed E-state index contributed by atoms with van der Waals surface area (Å²) in [6.07, 6.45) is 13.3. The predicted molar refractivity (Wildman–Crippen MR) is 108 cm³/mol. The minimum absolute atomic E-state index is 0.462. The van der Waals surface area contributed by atoms with Crippen LogP contribution in [0.3, 0.4) is 0 Å². The molecular formula is C22H38N2. The average Bonchev–Trinajstić information content (AvgIpc) is 3.31. The molecule has 0 aromatic carbocycles. The maximum atomic E-state index is 4.37. The van der Waals surface area contributed by atoms with Gasteiger partial charge in [-0.2, -0.15) is 0 Å². The highest BCUT2D eigenvalue weighted by molar-refractivity contribution is 5.15. The summed E-state index contributed by atoms with van der Waals surface area (Å²) in [5, 5.41) is 3.60. The third-order valence-corrected chi connectivity index (χ3v) is 4.91. The van der Waals surface area contributed by atoms with Crippen LogP contribution in [0, 0.1) is 5.92 Å². The minimum Gasteiger partial charge on any atom is -0.384 e. The van der Waals surface area contributed by atoms with E-state index in [2.05, 4.69) is 50.0 Å². The fourth-order valence-corrected chi connectivity index (χ4v) is 3.43. The van der Waals surface area contributed by atoms with Gasteiger partial charge >= 0.3 is 0 Å². The van der Waals surface area contributed by atoms with Crippen molar-refractivity contribution < 1.29 is 0 Å². The van der Waals surface area contributed by atoms with E-state index in [0.29, 0.717) is 12.1 Å². The van der Waals surface area contributed by atoms with Crippen molar-refractivity contribution in [3.05, 3.63) is 50.4 Å². The number of likely N-dealkylation sites (tertiary alicyclic amines) is 1. The zero-order chi connectivity index (χ0) is 17.9. The molecule has 1 N–H and O–H groups in total. The molecule has 0 bridgehead atoms. The van der Waals surface area contributed by atoms with Crippen molar-refractivity contribution in [3.63, 3.8) is 0 Å². The molecule has 2 heteroatoms. The van der Waals surface area contributed by atoms with E-state index in [4.69, 9.17) is 0 Å². The molecule has 1 heterocycles. The van der Waals surface area contributed by atoms with Crippen LogP contribution < -0.4 is 5.32 Å². The highest BCUT2D eigenvalue weighted by atomic mass is 15.2. The molecule has 2 rings (SSSR count). The van der Waals surface area contributed by atoms with E-state index in [1.165, 1.54) is 56.3 Å². The Morgan fingerprint density at radius 3 is 2.42 bits per heavy atom. The zero-order valence-electron chi connectivity index (χ0n) is 15.9. The summed E-state index contributed by atoms with van der Waals surface area (Å²) >= 11 is 0. The van der Waals surface area contributed by atoms with Gasteiger partial charge in [0.25, 0.3) is 0 Å². The van der Waals surface area contributed by atoms with E-state index in [-0.39, 0.29) is 0 Å². The van der Waals surface area contributed by atoms with Crippen LogP contribution >= 0.6 is 0 Å². The first-order valence-corrected chi connectivity index (χ1v) is 9.62. The number of rotatable bonds is 11. The molecule has 2 unspecified atom stereocenters. The summed E-state index contributed by atoms with van der Waals surface area (Å²) < 4.78 is 0. The molecule has 2 aliphatic rings. The molecule has 0 spiro atoms. The number of nitrogens with zero attached hydrogens (tertiary/aromatic N) is 1. The van der Waals surface area contributed by atoms with E-state index in [9.17, 15) is 0 Å². The minimum atomic E-state index is 0.462. The summed E-state index contributed by atoms with van der Waals surface area (Å²) in [4.78, 5) is 2.52. The monoisotopic (exact) mass is 330 g/mol. The lowest BCUT2D eigenvalue weighted by atomic mass is 10.1. The van der Waals surface area contributed by atoms with Crippen molar-refractivity contribution in [3.8, 4) is 0 Å². The van der Waals surface area contributed by atoms with Crippen LogP contribution in [0.15, 0.2) is 50.4 Å². The van der Waals surface area contributed by atoms with Crippen molar-refractivity contribution in [2.45, 2.75) is 76.8 Å². The Labute approximate surface area is 150 Å². The second-order valence-corrected chi connectivity index (χ2v) is 7.26. The molecule has 1 saturated carbocycles. The predicted octanol–water partition coefficient (Wildman–Crippen LogP) is 5.81. The van der Waals surface area contributed by atoms with Gasteiger partial charge in [-0.15, -0.1) is 19.7 Å². The smallest absolute Gasteiger partial charge is 0.0682 e. The zero-order valence-corrected chi connectivity index (χ0v) is 15.9. The van der Waals surface area contributed by atoms with Crippen LogP contribution in [0.2, 0.25) is 0 Å². The van der Waals surface area contributed by atoms with Crippen LogP contribution in [0.5, 0.6) is 0 Å². The largest absolute Gasteiger partial charge is 0.384 e. The van der Waals surface area contributed by atoms with Crippen LogP contribution in [0.25, 0.3) is 0 Å². The summed E-state index contributed by atoms with van der Waals surface area (Å²) in [5.74, 6) is 0.743. The van der Waals surface area contributed by atoms with Crippen LogP contribution in [0.4, 0.5) is 0 Å². The average molecular weight is 331 g/mol. The maximum absolute atomic E-state index is 4.37. The number of allylic oxidation sites excluding steroid dienone is 2. The van der Waals surface area contributed by atoms with Gasteiger partial charge in [-0.1, -0.05) is 39.0 Å². The summed E-state index contributed by atoms with van der Waals surface area (Å²) in [6.45, 7) is 22.0. The number of unbranched alkanes of at least 4 members (excludes halogenated alkanes) is 4. The SMILES string of the molecule is C=C.C=CCCCCCCC(=C)N1CC(C)CC1C(=C)NC1CC1. The van der Waals surface area contributed by atoms with Gasteiger partial charge < -0.3 is 10.2 Å². The second kappa shape index (κ2) is 11.2. The van der Waals surface area contributed by atoms with Gasteiger partial charge in [0.1, 0.15) is 0 Å². The Bertz CT molecular complexity index is 408. The van der Waals surface area contributed by atoms with Crippen LogP contribution in [-0.2, 0) is 0 Å². The van der Waals surface area contributed by atoms with E-state index in [0.717, 1.165) is 25.3 Å². The molecule has 0 aromatic rings. The fraction of sp³-hybridized carbons (Fsp3) is 0.636. The second-order valence-electron chi connectivity index (χ2n) is 7.26. The van der Waals surface area contributed by atoms with Crippen molar-refractivity contribution in [2.24, 2.45) is 5.92 Å². The van der Waals surface area contributed by atoms with Crippen molar-refractivity contribution in [2.75, 3.05) is 6.54 Å². The highest BCUT2D eigenvalue weighted by Crippen LogP contribution is 2.32. The number of hydrogen-bond acceptors (Lipinski definition) is 2. The van der Waals surface area contributed by atoms with Crippen LogP contribution in [-0.4, -0.2) is 23.5 Å². The summed E-state index contributed by atoms with van der Waals surface area (Å²) in [7, 11) is 0. The Morgan fingerprint density at radius 2 is 1.79 bits per heavy atom. The lowest BCUT2D eigenvalue weighted by Crippen LogP contribution is -2.35. The van der Waals surface area contributed by atoms with Crippen molar-refractivity contribution in [1.29, 1.82) is 0 Å². The van der Waals surface area contributed by atoms with Gasteiger partial charge in [-0.25, -0.2) is 0 Å². The third-order valence-electron chi connectivity index (χ3n) is 4.91. The lowest BCUT2D eigenvalue weighted by Gasteiger charge is -2.30. The van der Waals surface area contributed by atoms with E-state index >= 15 is 0 Å². The van der Waals surface area contributed by atoms with E-state index in [1.54, 1.807) is 0 Å². The first-order chi connectivity index (χ1) is 11.6. The van der Waals surface area contributed by atoms with Gasteiger partial charge in [0.15, 0.2) is 0 Å². The quantitative estimate of drug-likeness (QED) is 0.380. The topological polar surface area (TPSA) is 15.3 Å². The Balaban J connectivity index is 0.00000139. The molecule has 2 fully saturated rings. The van der Waals surface area contributed by atoms with Gasteiger partial charge in [-0.3, -0.25) is 0 Å². The molecule has 2 nitrogen and oxygen atoms in total. The van der Waals surface area contributed by atoms with Gasteiger partial charge in [0, 0.05) is 24.0 Å². The summed E-state index contributed by atoms with van der Waals surface area (Å²) in [5.41, 5.74) is 2.54. The van der Waals surface area contributed by atoms with E-state index in [1.807, 2.05) is 6.08 Å². The number of hydrogen-bond donors (Lipinski definition) is 1. The highest BCUT2D eigenvalue weighted by Gasteiger charge is 2.34. The molecule has 0 amide bonds. The fourth-order valence-electron chi connectivity index (χ4n) is 3.43. The first kappa shape index (κ1) is 20.6. The third kappa shape index (κ3) is 6.98. The molecule has 1 saturated heterocycles. The molecule has 24 heavy (non-hydrogen) atoms. The first-order valence-electron chi connectivity index (χ1n) is 9.62. The lowest BCUT2D eigenvalue weighted by molar-refractivity contribution is 0.325. The standard InChI is InChI=1S/C20H34N2.C2H4/c1-5-6-7-8-9-10-11-17(3)22-15-16(2)14-20(22)18(4)21-19-12-13-19;1-2/h5,16,19-21H,1,3-4,6-15H2,2H3;1-2H2. The molecule has 1 aliphatic heterocycles. The van der Waals surface area contributed by atoms with E-state index < -0.39 is 0 Å². The molecule has 136 valence electrons. The van der Waals surface area contributed by atoms with Crippen molar-refractivity contribution >= 4 is 0 Å². The van der Waals surface area contributed by atoms with Crippen molar-refractivity contribution in [1.82, 2.24) is 10.2 Å². The van der Waals surface area contributed by atoms with Gasteiger partial charge in [-0.05, 0) is 50.9 Å². The molecule has 1 aliphatic carbocycles. The molecule has 0 aromatic heterocycles. The Hall–Kier alpha value is -1.44. The normalized spacial score (nSPS) is 22.5. The Kier molecular flexibility index (Phi) is 9.59. The molecule has 2 atom stereocenters.